The van der Waals surface area contributed by atoms with Gasteiger partial charge in [-0.15, -0.1) is 0 Å². The number of H-pyrrole nitrogens is 1. The highest BCUT2D eigenvalue weighted by Gasteiger charge is 2.28. The molecular formula is C20H24N2O3. The van der Waals surface area contributed by atoms with Crippen molar-refractivity contribution in [2.45, 2.75) is 44.2 Å². The van der Waals surface area contributed by atoms with Gasteiger partial charge in [0.15, 0.2) is 11.5 Å². The lowest BCUT2D eigenvalue weighted by molar-refractivity contribution is 0.168. The predicted octanol–water partition coefficient (Wildman–Crippen LogP) is 3.13. The molecule has 5 heteroatoms. The minimum Gasteiger partial charge on any atom is -0.486 e. The molecule has 1 aromatic carbocycles. The van der Waals surface area contributed by atoms with Crippen LogP contribution in [0.4, 0.5) is 0 Å². The van der Waals surface area contributed by atoms with E-state index in [1.54, 1.807) is 6.07 Å². The number of ether oxygens (including phenoxy) is 2. The lowest BCUT2D eigenvalue weighted by Gasteiger charge is -2.26. The first kappa shape index (κ1) is 16.2. The van der Waals surface area contributed by atoms with Crippen LogP contribution in [0, 0.1) is 0 Å². The number of para-hydroxylation sites is 1. The molecule has 5 nitrogen and oxygen atoms in total. The maximum atomic E-state index is 11.2. The summed E-state index contributed by atoms with van der Waals surface area (Å²) in [5.41, 5.74) is 2.34. The van der Waals surface area contributed by atoms with Gasteiger partial charge in [-0.05, 0) is 43.7 Å². The Balaban J connectivity index is 1.43. The highest BCUT2D eigenvalue weighted by atomic mass is 16.6. The van der Waals surface area contributed by atoms with Crippen LogP contribution in [0.3, 0.4) is 0 Å². The smallest absolute Gasteiger partial charge is 0.247 e. The first-order chi connectivity index (χ1) is 12.2. The number of hydrogen-bond acceptors (Lipinski definition) is 4. The van der Waals surface area contributed by atoms with Crippen molar-refractivity contribution in [1.82, 2.24) is 10.3 Å². The van der Waals surface area contributed by atoms with Gasteiger partial charge in [-0.1, -0.05) is 18.2 Å². The molecule has 1 aliphatic carbocycles. The maximum absolute atomic E-state index is 11.2. The van der Waals surface area contributed by atoms with Gasteiger partial charge in [0.25, 0.3) is 0 Å². The first-order valence-electron chi connectivity index (χ1n) is 9.04. The summed E-state index contributed by atoms with van der Waals surface area (Å²) in [5, 5.41) is 3.75. The highest BCUT2D eigenvalue weighted by molar-refractivity contribution is 5.48. The Kier molecular flexibility index (Phi) is 4.49. The molecule has 4 rings (SSSR count). The van der Waals surface area contributed by atoms with E-state index in [-0.39, 0.29) is 11.6 Å². The number of hydrogen-bond donors (Lipinski definition) is 2. The second-order valence-corrected chi connectivity index (χ2v) is 6.95. The van der Waals surface area contributed by atoms with E-state index in [1.165, 1.54) is 5.56 Å². The van der Waals surface area contributed by atoms with Crippen LogP contribution in [0.25, 0.3) is 0 Å². The van der Waals surface area contributed by atoms with Crippen LogP contribution >= 0.6 is 0 Å². The van der Waals surface area contributed by atoms with Gasteiger partial charge >= 0.3 is 0 Å². The highest BCUT2D eigenvalue weighted by Crippen LogP contribution is 2.39. The van der Waals surface area contributed by atoms with Crippen molar-refractivity contribution in [3.05, 3.63) is 58.0 Å². The van der Waals surface area contributed by atoms with Gasteiger partial charge in [-0.25, -0.2) is 0 Å². The zero-order valence-electron chi connectivity index (χ0n) is 14.5. The van der Waals surface area contributed by atoms with Gasteiger partial charge in [0.2, 0.25) is 5.56 Å². The molecule has 0 bridgehead atoms. The molecule has 1 saturated carbocycles. The molecular weight excluding hydrogens is 316 g/mol. The van der Waals surface area contributed by atoms with E-state index in [1.807, 2.05) is 24.4 Å². The van der Waals surface area contributed by atoms with Gasteiger partial charge in [-0.3, -0.25) is 4.79 Å². The SMILES string of the molecule is C[C@@H](NC1CC[C@H](c2ccc(=O)[nH]c2)C1)c1cccc2c1OCCO2. The Labute approximate surface area is 147 Å². The molecule has 2 N–H and O–H groups in total. The van der Waals surface area contributed by atoms with Crippen LogP contribution in [0.2, 0.25) is 0 Å². The molecule has 1 aromatic heterocycles. The summed E-state index contributed by atoms with van der Waals surface area (Å²) in [6.07, 6.45) is 5.23. The number of aromatic nitrogens is 1. The summed E-state index contributed by atoms with van der Waals surface area (Å²) in [6, 6.07) is 10.3. The van der Waals surface area contributed by atoms with Crippen LogP contribution in [0.15, 0.2) is 41.3 Å². The van der Waals surface area contributed by atoms with E-state index in [0.29, 0.717) is 25.2 Å². The van der Waals surface area contributed by atoms with Crippen LogP contribution in [-0.4, -0.2) is 24.2 Å². The zero-order chi connectivity index (χ0) is 17.2. The Morgan fingerprint density at radius 3 is 2.88 bits per heavy atom. The van der Waals surface area contributed by atoms with E-state index in [9.17, 15) is 4.79 Å². The lowest BCUT2D eigenvalue weighted by Crippen LogP contribution is -2.30. The largest absolute Gasteiger partial charge is 0.486 e. The summed E-state index contributed by atoms with van der Waals surface area (Å²) in [4.78, 5) is 14.0. The molecule has 132 valence electrons. The average molecular weight is 340 g/mol. The minimum absolute atomic E-state index is 0.0406. The number of pyridine rings is 1. The molecule has 0 spiro atoms. The van der Waals surface area contributed by atoms with Crippen LogP contribution < -0.4 is 20.3 Å². The topological polar surface area (TPSA) is 63.4 Å². The monoisotopic (exact) mass is 340 g/mol. The van der Waals surface area contributed by atoms with Crippen molar-refractivity contribution in [2.24, 2.45) is 0 Å². The van der Waals surface area contributed by atoms with Crippen molar-refractivity contribution >= 4 is 0 Å². The van der Waals surface area contributed by atoms with Crippen LogP contribution in [0.1, 0.15) is 49.3 Å². The van der Waals surface area contributed by atoms with Gasteiger partial charge in [0.05, 0.1) is 0 Å². The molecule has 2 aromatic rings. The fourth-order valence-electron chi connectivity index (χ4n) is 3.99. The summed E-state index contributed by atoms with van der Waals surface area (Å²) >= 11 is 0. The summed E-state index contributed by atoms with van der Waals surface area (Å²) in [5.74, 6) is 2.23. The third kappa shape index (κ3) is 3.42. The number of fused-ring (bicyclic) bond motifs is 1. The van der Waals surface area contributed by atoms with Crippen molar-refractivity contribution in [3.8, 4) is 11.5 Å². The molecule has 3 atom stereocenters. The maximum Gasteiger partial charge on any atom is 0.247 e. The van der Waals surface area contributed by atoms with Crippen LogP contribution in [0.5, 0.6) is 11.5 Å². The average Bonchev–Trinajstić information content (AvgIpc) is 3.10. The Morgan fingerprint density at radius 2 is 2.04 bits per heavy atom. The van der Waals surface area contributed by atoms with E-state index in [0.717, 1.165) is 36.3 Å². The lowest BCUT2D eigenvalue weighted by atomic mass is 9.99. The normalized spacial score (nSPS) is 23.4. The molecule has 0 saturated heterocycles. The zero-order valence-corrected chi connectivity index (χ0v) is 14.5. The second kappa shape index (κ2) is 6.92. The van der Waals surface area contributed by atoms with Crippen molar-refractivity contribution < 1.29 is 9.47 Å². The molecule has 2 heterocycles. The number of rotatable bonds is 4. The molecule has 1 unspecified atom stereocenters. The standard InChI is InChI=1S/C20H24N2O3/c1-13(17-3-2-4-18-20(17)25-10-9-24-18)22-16-7-5-14(11-16)15-6-8-19(23)21-12-15/h2-4,6,8,12-14,16,22H,5,7,9-11H2,1H3,(H,21,23)/t13-,14+,16?/m1/s1. The summed E-state index contributed by atoms with van der Waals surface area (Å²) in [7, 11) is 0. The Morgan fingerprint density at radius 1 is 1.16 bits per heavy atom. The third-order valence-electron chi connectivity index (χ3n) is 5.26. The number of aromatic amines is 1. The Hall–Kier alpha value is -2.27. The fourth-order valence-corrected chi connectivity index (χ4v) is 3.99. The third-order valence-corrected chi connectivity index (χ3v) is 5.26. The van der Waals surface area contributed by atoms with Crippen molar-refractivity contribution in [1.29, 1.82) is 0 Å². The molecule has 1 fully saturated rings. The van der Waals surface area contributed by atoms with E-state index in [4.69, 9.17) is 9.47 Å². The fraction of sp³-hybridized carbons (Fsp3) is 0.450. The molecule has 25 heavy (non-hydrogen) atoms. The van der Waals surface area contributed by atoms with Crippen LogP contribution in [-0.2, 0) is 0 Å². The van der Waals surface area contributed by atoms with Gasteiger partial charge in [-0.2, -0.15) is 0 Å². The quantitative estimate of drug-likeness (QED) is 0.897. The van der Waals surface area contributed by atoms with E-state index < -0.39 is 0 Å². The van der Waals surface area contributed by atoms with Gasteiger partial charge < -0.3 is 19.8 Å². The Bertz CT molecular complexity index is 781. The van der Waals surface area contributed by atoms with E-state index in [2.05, 4.69) is 23.3 Å². The van der Waals surface area contributed by atoms with Gasteiger partial charge in [0.1, 0.15) is 13.2 Å². The first-order valence-corrected chi connectivity index (χ1v) is 9.04. The molecule has 0 amide bonds. The predicted molar refractivity (Wildman–Crippen MR) is 96.4 cm³/mol. The van der Waals surface area contributed by atoms with Crippen molar-refractivity contribution in [2.75, 3.05) is 13.2 Å². The molecule has 0 radical (unpaired) electrons. The summed E-state index contributed by atoms with van der Waals surface area (Å²) in [6.45, 7) is 3.40. The summed E-state index contributed by atoms with van der Waals surface area (Å²) < 4.78 is 11.5. The molecule has 1 aliphatic heterocycles. The molecule has 2 aliphatic rings. The van der Waals surface area contributed by atoms with E-state index >= 15 is 0 Å². The number of benzene rings is 1. The second-order valence-electron chi connectivity index (χ2n) is 6.95. The minimum atomic E-state index is -0.0406. The van der Waals surface area contributed by atoms with Gasteiger partial charge in [0, 0.05) is 29.9 Å². The van der Waals surface area contributed by atoms with Crippen molar-refractivity contribution in [3.63, 3.8) is 0 Å². The number of nitrogens with one attached hydrogen (secondary N) is 2.